The quantitative estimate of drug-likeness (QED) is 0.641. The van der Waals surface area contributed by atoms with Crippen LogP contribution in [0.25, 0.3) is 5.69 Å². The molecule has 3 aromatic rings. The molecule has 156 valence electrons. The molecule has 1 fully saturated rings. The Balaban J connectivity index is 1.78. The lowest BCUT2D eigenvalue weighted by Crippen LogP contribution is -2.31. The molecule has 30 heavy (non-hydrogen) atoms. The Morgan fingerprint density at radius 2 is 1.83 bits per heavy atom. The molecule has 0 amide bonds. The van der Waals surface area contributed by atoms with Gasteiger partial charge in [-0.05, 0) is 72.0 Å². The van der Waals surface area contributed by atoms with Crippen molar-refractivity contribution in [3.63, 3.8) is 0 Å². The highest BCUT2D eigenvalue weighted by Gasteiger charge is 2.39. The highest BCUT2D eigenvalue weighted by atomic mass is 16.5. The smallest absolute Gasteiger partial charge is 0.184 e. The van der Waals surface area contributed by atoms with Crippen LogP contribution < -0.4 is 4.74 Å². The number of benzene rings is 2. The van der Waals surface area contributed by atoms with E-state index in [0.29, 0.717) is 5.75 Å². The molecule has 1 saturated carbocycles. The number of methoxy groups -OCH3 is 1. The molecule has 1 aliphatic rings. The van der Waals surface area contributed by atoms with Crippen molar-refractivity contribution in [2.45, 2.75) is 51.5 Å². The standard InChI is InChI=1S/C23H27N5O2/c1-16-8-7-9-17(2)21(16)28-22(25-26-27-28)23(12-5-4-6-13-23)24-15-18-10-11-20(30-3)19(29)14-18/h7-11,14-15,29H,4-6,12-13H2,1-3H3. The van der Waals surface area contributed by atoms with E-state index in [0.717, 1.165) is 53.9 Å². The lowest BCUT2D eigenvalue weighted by Gasteiger charge is -2.32. The number of hydrogen-bond donors (Lipinski definition) is 1. The van der Waals surface area contributed by atoms with Gasteiger partial charge in [0.2, 0.25) is 0 Å². The summed E-state index contributed by atoms with van der Waals surface area (Å²) < 4.78 is 7.00. The first-order valence-corrected chi connectivity index (χ1v) is 10.3. The topological polar surface area (TPSA) is 85.4 Å². The second-order valence-corrected chi connectivity index (χ2v) is 7.94. The van der Waals surface area contributed by atoms with Crippen LogP contribution in [0.5, 0.6) is 11.5 Å². The van der Waals surface area contributed by atoms with Crippen LogP contribution in [0.2, 0.25) is 0 Å². The first-order chi connectivity index (χ1) is 14.5. The zero-order chi connectivity index (χ0) is 21.1. The van der Waals surface area contributed by atoms with Crippen LogP contribution in [-0.4, -0.2) is 38.6 Å². The van der Waals surface area contributed by atoms with Gasteiger partial charge in [-0.2, -0.15) is 4.68 Å². The summed E-state index contributed by atoms with van der Waals surface area (Å²) in [5.41, 5.74) is 3.58. The first kappa shape index (κ1) is 20.1. The van der Waals surface area contributed by atoms with Gasteiger partial charge in [-0.25, -0.2) is 0 Å². The second-order valence-electron chi connectivity index (χ2n) is 7.94. The Kier molecular flexibility index (Phi) is 5.53. The summed E-state index contributed by atoms with van der Waals surface area (Å²) in [5.74, 6) is 1.31. The Morgan fingerprint density at radius 1 is 1.10 bits per heavy atom. The van der Waals surface area contributed by atoms with Crippen LogP contribution in [0, 0.1) is 13.8 Å². The van der Waals surface area contributed by atoms with Gasteiger partial charge in [0.1, 0.15) is 5.54 Å². The van der Waals surface area contributed by atoms with Gasteiger partial charge in [-0.3, -0.25) is 4.99 Å². The summed E-state index contributed by atoms with van der Waals surface area (Å²) in [5, 5.41) is 22.9. The van der Waals surface area contributed by atoms with Gasteiger partial charge in [0.15, 0.2) is 17.3 Å². The number of tetrazole rings is 1. The molecule has 2 aromatic carbocycles. The number of para-hydroxylation sites is 1. The molecule has 0 saturated heterocycles. The summed E-state index contributed by atoms with van der Waals surface area (Å²) >= 11 is 0. The predicted molar refractivity (Wildman–Crippen MR) is 116 cm³/mol. The minimum atomic E-state index is -0.494. The third-order valence-corrected chi connectivity index (χ3v) is 5.88. The monoisotopic (exact) mass is 405 g/mol. The maximum Gasteiger partial charge on any atom is 0.184 e. The first-order valence-electron chi connectivity index (χ1n) is 10.3. The minimum absolute atomic E-state index is 0.0968. The third-order valence-electron chi connectivity index (χ3n) is 5.88. The summed E-state index contributed by atoms with van der Waals surface area (Å²) in [6.45, 7) is 4.15. The maximum absolute atomic E-state index is 10.1. The van der Waals surface area contributed by atoms with E-state index in [1.165, 1.54) is 13.5 Å². The Bertz CT molecular complexity index is 1050. The van der Waals surface area contributed by atoms with Gasteiger partial charge in [-0.1, -0.05) is 37.5 Å². The molecule has 7 heteroatoms. The Morgan fingerprint density at radius 3 is 2.50 bits per heavy atom. The molecule has 0 aliphatic heterocycles. The molecule has 0 atom stereocenters. The number of nitrogens with zero attached hydrogens (tertiary/aromatic N) is 5. The van der Waals surface area contributed by atoms with E-state index in [9.17, 15) is 5.11 Å². The van der Waals surface area contributed by atoms with Crippen LogP contribution in [-0.2, 0) is 5.54 Å². The van der Waals surface area contributed by atoms with Crippen molar-refractivity contribution < 1.29 is 9.84 Å². The number of phenols is 1. The molecule has 1 aliphatic carbocycles. The lowest BCUT2D eigenvalue weighted by molar-refractivity contribution is 0.285. The summed E-state index contributed by atoms with van der Waals surface area (Å²) in [4.78, 5) is 5.03. The van der Waals surface area contributed by atoms with E-state index in [1.54, 1.807) is 12.1 Å². The van der Waals surface area contributed by atoms with Gasteiger partial charge in [0, 0.05) is 6.21 Å². The van der Waals surface area contributed by atoms with Crippen LogP contribution >= 0.6 is 0 Å². The second kappa shape index (κ2) is 8.26. The largest absolute Gasteiger partial charge is 0.504 e. The fourth-order valence-corrected chi connectivity index (χ4v) is 4.30. The number of aromatic nitrogens is 4. The van der Waals surface area contributed by atoms with Gasteiger partial charge in [0.05, 0.1) is 12.8 Å². The van der Waals surface area contributed by atoms with Crippen molar-refractivity contribution in [2.24, 2.45) is 4.99 Å². The SMILES string of the molecule is COc1ccc(C=NC2(c3nnnn3-c3c(C)cccc3C)CCCCC2)cc1O. The summed E-state index contributed by atoms with van der Waals surface area (Å²) in [6.07, 6.45) is 6.92. The van der Waals surface area contributed by atoms with E-state index in [-0.39, 0.29) is 5.75 Å². The Labute approximate surface area is 176 Å². The van der Waals surface area contributed by atoms with Crippen molar-refractivity contribution in [3.05, 3.63) is 58.9 Å². The molecular formula is C23H27N5O2. The zero-order valence-electron chi connectivity index (χ0n) is 17.7. The van der Waals surface area contributed by atoms with E-state index >= 15 is 0 Å². The predicted octanol–water partition coefficient (Wildman–Crippen LogP) is 4.27. The summed E-state index contributed by atoms with van der Waals surface area (Å²) in [7, 11) is 1.53. The molecule has 0 spiro atoms. The molecular weight excluding hydrogens is 378 g/mol. The Hall–Kier alpha value is -3.22. The molecule has 1 N–H and O–H groups in total. The number of phenolic OH excluding ortho intramolecular Hbond substituents is 1. The molecule has 1 heterocycles. The normalized spacial score (nSPS) is 16.1. The number of aliphatic imine (C=N–C) groups is 1. The van der Waals surface area contributed by atoms with Crippen LogP contribution in [0.15, 0.2) is 41.4 Å². The number of aryl methyl sites for hydroxylation is 2. The van der Waals surface area contributed by atoms with Gasteiger partial charge < -0.3 is 9.84 Å². The highest BCUT2D eigenvalue weighted by Crippen LogP contribution is 2.40. The summed E-state index contributed by atoms with van der Waals surface area (Å²) in [6, 6.07) is 11.5. The van der Waals surface area contributed by atoms with E-state index in [1.807, 2.05) is 23.0 Å². The zero-order valence-corrected chi connectivity index (χ0v) is 17.7. The van der Waals surface area contributed by atoms with Gasteiger partial charge >= 0.3 is 0 Å². The third kappa shape index (κ3) is 3.67. The van der Waals surface area contributed by atoms with Crippen LogP contribution in [0.3, 0.4) is 0 Å². The molecule has 0 radical (unpaired) electrons. The number of rotatable bonds is 5. The molecule has 7 nitrogen and oxygen atoms in total. The van der Waals surface area contributed by atoms with Crippen LogP contribution in [0.1, 0.15) is 54.6 Å². The average molecular weight is 406 g/mol. The van der Waals surface area contributed by atoms with Crippen molar-refractivity contribution in [3.8, 4) is 17.2 Å². The van der Waals surface area contributed by atoms with Crippen molar-refractivity contribution in [1.29, 1.82) is 0 Å². The minimum Gasteiger partial charge on any atom is -0.504 e. The van der Waals surface area contributed by atoms with E-state index in [2.05, 4.69) is 41.5 Å². The fourth-order valence-electron chi connectivity index (χ4n) is 4.30. The number of aromatic hydroxyl groups is 1. The van der Waals surface area contributed by atoms with Gasteiger partial charge in [0.25, 0.3) is 0 Å². The van der Waals surface area contributed by atoms with Crippen LogP contribution in [0.4, 0.5) is 0 Å². The number of hydrogen-bond acceptors (Lipinski definition) is 6. The van der Waals surface area contributed by atoms with E-state index < -0.39 is 5.54 Å². The average Bonchev–Trinajstić information content (AvgIpc) is 3.23. The van der Waals surface area contributed by atoms with Crippen molar-refractivity contribution in [1.82, 2.24) is 20.2 Å². The van der Waals surface area contributed by atoms with Gasteiger partial charge in [-0.15, -0.1) is 5.10 Å². The number of ether oxygens (including phenoxy) is 1. The fraction of sp³-hybridized carbons (Fsp3) is 0.391. The lowest BCUT2D eigenvalue weighted by atomic mass is 9.81. The maximum atomic E-state index is 10.1. The van der Waals surface area contributed by atoms with Crippen molar-refractivity contribution >= 4 is 6.21 Å². The molecule has 1 aromatic heterocycles. The highest BCUT2D eigenvalue weighted by molar-refractivity contribution is 5.81. The molecule has 0 bridgehead atoms. The molecule has 4 rings (SSSR count). The van der Waals surface area contributed by atoms with E-state index in [4.69, 9.17) is 9.73 Å². The molecule has 0 unspecified atom stereocenters. The van der Waals surface area contributed by atoms with Crippen molar-refractivity contribution in [2.75, 3.05) is 7.11 Å².